The smallest absolute Gasteiger partial charge is 0.317 e. The molecular weight excluding hydrogens is 202 g/mol. The number of amides is 2. The molecule has 2 rings (SSSR count). The molecule has 0 aromatic heterocycles. The fourth-order valence-corrected chi connectivity index (χ4v) is 2.85. The Labute approximate surface area is 97.6 Å². The van der Waals surface area contributed by atoms with Crippen LogP contribution in [0, 0.1) is 5.92 Å². The third kappa shape index (κ3) is 2.67. The van der Waals surface area contributed by atoms with Crippen molar-refractivity contribution >= 4 is 6.03 Å². The number of carbonyl (C=O) groups is 1. The van der Waals surface area contributed by atoms with Gasteiger partial charge in [0.1, 0.15) is 0 Å². The molecule has 2 unspecified atom stereocenters. The molecule has 16 heavy (non-hydrogen) atoms. The monoisotopic (exact) mass is 225 g/mol. The van der Waals surface area contributed by atoms with E-state index in [1.807, 2.05) is 4.90 Å². The number of rotatable bonds is 2. The Morgan fingerprint density at radius 2 is 1.88 bits per heavy atom. The Morgan fingerprint density at radius 1 is 1.19 bits per heavy atom. The van der Waals surface area contributed by atoms with Crippen molar-refractivity contribution in [2.75, 3.05) is 19.6 Å². The summed E-state index contributed by atoms with van der Waals surface area (Å²) in [6.45, 7) is 2.54. The molecule has 2 amide bonds. The van der Waals surface area contributed by atoms with E-state index in [-0.39, 0.29) is 6.03 Å². The van der Waals surface area contributed by atoms with Crippen molar-refractivity contribution in [1.82, 2.24) is 10.2 Å². The van der Waals surface area contributed by atoms with Gasteiger partial charge in [-0.05, 0) is 38.1 Å². The van der Waals surface area contributed by atoms with E-state index in [1.165, 1.54) is 19.3 Å². The molecule has 1 saturated carbocycles. The summed E-state index contributed by atoms with van der Waals surface area (Å²) in [7, 11) is 0. The number of nitrogens with zero attached hydrogens (tertiary/aromatic N) is 1. The van der Waals surface area contributed by atoms with Gasteiger partial charge in [-0.2, -0.15) is 0 Å². The lowest BCUT2D eigenvalue weighted by atomic mass is 9.84. The Kier molecular flexibility index (Phi) is 4.04. The van der Waals surface area contributed by atoms with Gasteiger partial charge in [0.2, 0.25) is 0 Å². The maximum Gasteiger partial charge on any atom is 0.317 e. The van der Waals surface area contributed by atoms with Crippen LogP contribution < -0.4 is 11.1 Å². The lowest BCUT2D eigenvalue weighted by molar-refractivity contribution is 0.190. The number of hydrogen-bond donors (Lipinski definition) is 2. The standard InChI is InChI=1S/C12H23N3O/c13-9-10-5-1-2-6-11(10)14-12(16)15-7-3-4-8-15/h10-11H,1-9,13H2,(H,14,16). The summed E-state index contributed by atoms with van der Waals surface area (Å²) in [5, 5.41) is 3.17. The second kappa shape index (κ2) is 5.53. The highest BCUT2D eigenvalue weighted by Crippen LogP contribution is 2.23. The second-order valence-electron chi connectivity index (χ2n) is 5.03. The van der Waals surface area contributed by atoms with E-state index < -0.39 is 0 Å². The fraction of sp³-hybridized carbons (Fsp3) is 0.917. The van der Waals surface area contributed by atoms with Gasteiger partial charge in [0, 0.05) is 19.1 Å². The highest BCUT2D eigenvalue weighted by atomic mass is 16.2. The molecule has 0 aromatic rings. The predicted molar refractivity (Wildman–Crippen MR) is 64.1 cm³/mol. The quantitative estimate of drug-likeness (QED) is 0.744. The van der Waals surface area contributed by atoms with Gasteiger partial charge in [0.15, 0.2) is 0 Å². The topological polar surface area (TPSA) is 58.4 Å². The lowest BCUT2D eigenvalue weighted by Gasteiger charge is -2.32. The van der Waals surface area contributed by atoms with Gasteiger partial charge in [-0.1, -0.05) is 12.8 Å². The number of carbonyl (C=O) groups excluding carboxylic acids is 1. The molecule has 3 N–H and O–H groups in total. The highest BCUT2D eigenvalue weighted by Gasteiger charge is 2.27. The van der Waals surface area contributed by atoms with Crippen LogP contribution >= 0.6 is 0 Å². The van der Waals surface area contributed by atoms with Gasteiger partial charge in [-0.15, -0.1) is 0 Å². The van der Waals surface area contributed by atoms with Crippen LogP contribution in [-0.2, 0) is 0 Å². The predicted octanol–water partition coefficient (Wildman–Crippen LogP) is 1.31. The van der Waals surface area contributed by atoms with Gasteiger partial charge in [0.25, 0.3) is 0 Å². The van der Waals surface area contributed by atoms with Gasteiger partial charge in [-0.3, -0.25) is 0 Å². The van der Waals surface area contributed by atoms with E-state index in [9.17, 15) is 4.79 Å². The first kappa shape index (κ1) is 11.7. The number of likely N-dealkylation sites (tertiary alicyclic amines) is 1. The maximum atomic E-state index is 11.9. The van der Waals surface area contributed by atoms with Crippen LogP contribution in [0.25, 0.3) is 0 Å². The average molecular weight is 225 g/mol. The molecule has 0 radical (unpaired) electrons. The first-order chi connectivity index (χ1) is 7.81. The van der Waals surface area contributed by atoms with E-state index in [1.54, 1.807) is 0 Å². The van der Waals surface area contributed by atoms with E-state index >= 15 is 0 Å². The van der Waals surface area contributed by atoms with Gasteiger partial charge >= 0.3 is 6.03 Å². The number of nitrogens with one attached hydrogen (secondary N) is 1. The van der Waals surface area contributed by atoms with Gasteiger partial charge in [-0.25, -0.2) is 4.79 Å². The molecule has 2 fully saturated rings. The molecule has 0 spiro atoms. The molecule has 2 atom stereocenters. The SMILES string of the molecule is NCC1CCCCC1NC(=O)N1CCCC1. The molecule has 0 aromatic carbocycles. The second-order valence-corrected chi connectivity index (χ2v) is 5.03. The Morgan fingerprint density at radius 3 is 2.56 bits per heavy atom. The summed E-state index contributed by atoms with van der Waals surface area (Å²) in [4.78, 5) is 13.9. The minimum atomic E-state index is 0.128. The van der Waals surface area contributed by atoms with Crippen molar-refractivity contribution in [2.45, 2.75) is 44.6 Å². The normalized spacial score (nSPS) is 30.4. The first-order valence-electron chi connectivity index (χ1n) is 6.57. The third-order valence-corrected chi connectivity index (χ3v) is 3.91. The van der Waals surface area contributed by atoms with Crippen molar-refractivity contribution in [1.29, 1.82) is 0 Å². The minimum absolute atomic E-state index is 0.128. The Bertz CT molecular complexity index is 238. The fourth-order valence-electron chi connectivity index (χ4n) is 2.85. The van der Waals surface area contributed by atoms with E-state index in [2.05, 4.69) is 5.32 Å². The zero-order valence-corrected chi connectivity index (χ0v) is 9.95. The molecule has 4 nitrogen and oxygen atoms in total. The number of hydrogen-bond acceptors (Lipinski definition) is 2. The van der Waals surface area contributed by atoms with Gasteiger partial charge < -0.3 is 16.0 Å². The Balaban J connectivity index is 1.84. The maximum absolute atomic E-state index is 11.9. The summed E-state index contributed by atoms with van der Waals surface area (Å²) in [5.41, 5.74) is 5.76. The Hall–Kier alpha value is -0.770. The average Bonchev–Trinajstić information content (AvgIpc) is 2.83. The van der Waals surface area contributed by atoms with Crippen molar-refractivity contribution in [3.8, 4) is 0 Å². The summed E-state index contributed by atoms with van der Waals surface area (Å²) < 4.78 is 0. The summed E-state index contributed by atoms with van der Waals surface area (Å²) in [6, 6.07) is 0.440. The molecule has 1 saturated heterocycles. The zero-order valence-electron chi connectivity index (χ0n) is 9.95. The van der Waals surface area contributed by atoms with Crippen LogP contribution in [0.4, 0.5) is 4.79 Å². The molecule has 0 bridgehead atoms. The molecule has 4 heteroatoms. The molecule has 1 aliphatic carbocycles. The third-order valence-electron chi connectivity index (χ3n) is 3.91. The first-order valence-corrected chi connectivity index (χ1v) is 6.57. The van der Waals surface area contributed by atoms with Crippen molar-refractivity contribution in [2.24, 2.45) is 11.7 Å². The summed E-state index contributed by atoms with van der Waals surface area (Å²) in [6.07, 6.45) is 7.05. The van der Waals surface area contributed by atoms with Crippen LogP contribution in [0.3, 0.4) is 0 Å². The zero-order chi connectivity index (χ0) is 11.4. The highest BCUT2D eigenvalue weighted by molar-refractivity contribution is 5.74. The molecule has 2 aliphatic rings. The largest absolute Gasteiger partial charge is 0.335 e. The van der Waals surface area contributed by atoms with Crippen LogP contribution in [-0.4, -0.2) is 36.6 Å². The van der Waals surface area contributed by atoms with Crippen molar-refractivity contribution in [3.05, 3.63) is 0 Å². The molecule has 1 aliphatic heterocycles. The van der Waals surface area contributed by atoms with E-state index in [0.717, 1.165) is 32.4 Å². The van der Waals surface area contributed by atoms with E-state index in [4.69, 9.17) is 5.73 Å². The lowest BCUT2D eigenvalue weighted by Crippen LogP contribution is -2.49. The number of urea groups is 1. The van der Waals surface area contributed by atoms with E-state index in [0.29, 0.717) is 18.5 Å². The van der Waals surface area contributed by atoms with Crippen LogP contribution in [0.2, 0.25) is 0 Å². The van der Waals surface area contributed by atoms with Gasteiger partial charge in [0.05, 0.1) is 0 Å². The van der Waals surface area contributed by atoms with Crippen molar-refractivity contribution in [3.63, 3.8) is 0 Å². The molecule has 92 valence electrons. The number of nitrogens with two attached hydrogens (primary N) is 1. The minimum Gasteiger partial charge on any atom is -0.335 e. The molecular formula is C12H23N3O. The molecule has 1 heterocycles. The summed E-state index contributed by atoms with van der Waals surface area (Å²) in [5.74, 6) is 0.486. The summed E-state index contributed by atoms with van der Waals surface area (Å²) >= 11 is 0. The van der Waals surface area contributed by atoms with Crippen LogP contribution in [0.15, 0.2) is 0 Å². The van der Waals surface area contributed by atoms with Crippen LogP contribution in [0.5, 0.6) is 0 Å². The van der Waals surface area contributed by atoms with Crippen molar-refractivity contribution < 1.29 is 4.79 Å². The van der Waals surface area contributed by atoms with Crippen LogP contribution in [0.1, 0.15) is 38.5 Å².